The molecule has 0 unspecified atom stereocenters. The molecule has 0 radical (unpaired) electrons. The molecule has 9 heavy (non-hydrogen) atoms. The standard InChI is InChI=1S/C7H13S.Li/c1-4-5-6-8-7(2)3;/h4-7H,1-3H3;/q-1;+1/b5-4+;. The summed E-state index contributed by atoms with van der Waals surface area (Å²) in [7, 11) is 0. The first kappa shape index (κ1) is 12.3. The summed E-state index contributed by atoms with van der Waals surface area (Å²) in [4.78, 5) is 0. The van der Waals surface area contributed by atoms with Gasteiger partial charge in [0.25, 0.3) is 0 Å². The SMILES string of the molecule is C/C=C/[CH-]SC(C)C.[Li+]. The van der Waals surface area contributed by atoms with E-state index in [4.69, 9.17) is 0 Å². The monoisotopic (exact) mass is 136 g/mol. The fourth-order valence-electron chi connectivity index (χ4n) is 0.281. The van der Waals surface area contributed by atoms with Crippen LogP contribution in [0.2, 0.25) is 0 Å². The minimum atomic E-state index is 0. The van der Waals surface area contributed by atoms with Crippen LogP contribution in [0.25, 0.3) is 0 Å². The summed E-state index contributed by atoms with van der Waals surface area (Å²) in [5.41, 5.74) is 0. The molecule has 0 aliphatic carbocycles. The van der Waals surface area contributed by atoms with Crippen molar-refractivity contribution in [2.45, 2.75) is 26.0 Å². The number of thioether (sulfide) groups is 1. The van der Waals surface area contributed by atoms with Crippen LogP contribution < -0.4 is 18.9 Å². The number of allylic oxidation sites excluding steroid dienone is 1. The molecule has 0 aliphatic rings. The van der Waals surface area contributed by atoms with Crippen LogP contribution in [0.4, 0.5) is 0 Å². The van der Waals surface area contributed by atoms with Gasteiger partial charge in [-0.05, 0) is 5.25 Å². The topological polar surface area (TPSA) is 0 Å². The summed E-state index contributed by atoms with van der Waals surface area (Å²) < 4.78 is 0. The van der Waals surface area contributed by atoms with Crippen LogP contribution in [0.5, 0.6) is 0 Å². The van der Waals surface area contributed by atoms with Crippen LogP contribution in [0, 0.1) is 5.75 Å². The van der Waals surface area contributed by atoms with Crippen molar-refractivity contribution in [3.8, 4) is 0 Å². The second-order valence-electron chi connectivity index (χ2n) is 1.85. The normalized spacial score (nSPS) is 9.78. The molecule has 48 valence electrons. The zero-order valence-electron chi connectivity index (χ0n) is 6.72. The first-order valence-corrected chi connectivity index (χ1v) is 3.81. The van der Waals surface area contributed by atoms with Gasteiger partial charge in [-0.25, -0.2) is 23.9 Å². The summed E-state index contributed by atoms with van der Waals surface area (Å²) in [6, 6.07) is 0. The number of hydrogen-bond acceptors (Lipinski definition) is 1. The minimum absolute atomic E-state index is 0. The molecule has 2 heteroatoms. The predicted molar refractivity (Wildman–Crippen MR) is 41.8 cm³/mol. The molecule has 0 N–H and O–H groups in total. The first-order valence-electron chi connectivity index (χ1n) is 2.87. The molecular weight excluding hydrogens is 123 g/mol. The van der Waals surface area contributed by atoms with Gasteiger partial charge in [0.2, 0.25) is 0 Å². The van der Waals surface area contributed by atoms with Gasteiger partial charge in [-0.15, -0.1) is 6.92 Å². The second-order valence-corrected chi connectivity index (χ2v) is 3.33. The van der Waals surface area contributed by atoms with Gasteiger partial charge >= 0.3 is 18.9 Å². The molecule has 0 heterocycles. The Hall–Kier alpha value is 0.557. The van der Waals surface area contributed by atoms with E-state index in [2.05, 4.69) is 25.7 Å². The maximum Gasteiger partial charge on any atom is 1.00 e. The van der Waals surface area contributed by atoms with Gasteiger partial charge in [-0.3, -0.25) is 0 Å². The van der Waals surface area contributed by atoms with E-state index in [0.717, 1.165) is 0 Å². The average Bonchev–Trinajstić information content (AvgIpc) is 1.66. The summed E-state index contributed by atoms with van der Waals surface area (Å²) in [5, 5.41) is 0.714. The fourth-order valence-corrected chi connectivity index (χ4v) is 0.843. The molecule has 0 aliphatic heterocycles. The van der Waals surface area contributed by atoms with Crippen LogP contribution in [-0.2, 0) is 0 Å². The van der Waals surface area contributed by atoms with Crippen LogP contribution in [0.15, 0.2) is 12.2 Å². The van der Waals surface area contributed by atoms with Crippen LogP contribution in [0.3, 0.4) is 0 Å². The molecule has 0 bridgehead atoms. The molecule has 0 rings (SSSR count). The summed E-state index contributed by atoms with van der Waals surface area (Å²) in [5.74, 6) is 2.12. The molecule has 0 saturated heterocycles. The van der Waals surface area contributed by atoms with E-state index in [1.165, 1.54) is 0 Å². The zero-order valence-corrected chi connectivity index (χ0v) is 7.53. The van der Waals surface area contributed by atoms with Crippen LogP contribution >= 0.6 is 11.8 Å². The van der Waals surface area contributed by atoms with E-state index in [1.807, 2.05) is 24.8 Å². The molecule has 0 aromatic carbocycles. The van der Waals surface area contributed by atoms with Crippen molar-refractivity contribution in [3.05, 3.63) is 17.9 Å². The Morgan fingerprint density at radius 1 is 1.44 bits per heavy atom. The molecular formula is C7H13LiS. The summed E-state index contributed by atoms with van der Waals surface area (Å²) in [6.45, 7) is 6.40. The third-order valence-electron chi connectivity index (χ3n) is 0.622. The Labute approximate surface area is 74.7 Å². The van der Waals surface area contributed by atoms with Crippen LogP contribution in [0.1, 0.15) is 20.8 Å². The van der Waals surface area contributed by atoms with E-state index in [9.17, 15) is 0 Å². The number of hydrogen-bond donors (Lipinski definition) is 0. The summed E-state index contributed by atoms with van der Waals surface area (Å²) >= 11 is 1.84. The van der Waals surface area contributed by atoms with Gasteiger partial charge in [0.05, 0.1) is 0 Å². The van der Waals surface area contributed by atoms with Crippen molar-refractivity contribution in [2.24, 2.45) is 0 Å². The van der Waals surface area contributed by atoms with Crippen molar-refractivity contribution in [3.63, 3.8) is 0 Å². The summed E-state index contributed by atoms with van der Waals surface area (Å²) in [6.07, 6.45) is 4.10. The van der Waals surface area contributed by atoms with E-state index in [1.54, 1.807) is 0 Å². The van der Waals surface area contributed by atoms with Crippen molar-refractivity contribution in [2.75, 3.05) is 0 Å². The minimum Gasteiger partial charge on any atom is -0.233 e. The molecule has 0 amide bonds. The maximum absolute atomic E-state index is 2.19. The molecule has 0 fully saturated rings. The van der Waals surface area contributed by atoms with Gasteiger partial charge in [-0.2, -0.15) is 5.75 Å². The Balaban J connectivity index is 0. The molecule has 0 aromatic rings. The van der Waals surface area contributed by atoms with Crippen molar-refractivity contribution in [1.82, 2.24) is 0 Å². The average molecular weight is 136 g/mol. The van der Waals surface area contributed by atoms with Crippen molar-refractivity contribution < 1.29 is 18.9 Å². The van der Waals surface area contributed by atoms with Gasteiger partial charge < -0.3 is 0 Å². The van der Waals surface area contributed by atoms with E-state index in [-0.39, 0.29) is 18.9 Å². The van der Waals surface area contributed by atoms with Crippen molar-refractivity contribution >= 4 is 11.8 Å². The zero-order chi connectivity index (χ0) is 6.41. The first-order chi connectivity index (χ1) is 3.77. The number of rotatable bonds is 3. The van der Waals surface area contributed by atoms with E-state index in [0.29, 0.717) is 5.25 Å². The fraction of sp³-hybridized carbons (Fsp3) is 0.571. The Kier molecular flexibility index (Phi) is 11.7. The van der Waals surface area contributed by atoms with Gasteiger partial charge in [0.1, 0.15) is 0 Å². The van der Waals surface area contributed by atoms with Gasteiger partial charge in [-0.1, -0.05) is 13.8 Å². The quantitative estimate of drug-likeness (QED) is 0.385. The predicted octanol–water partition coefficient (Wildman–Crippen LogP) is -0.130. The van der Waals surface area contributed by atoms with E-state index < -0.39 is 0 Å². The van der Waals surface area contributed by atoms with Gasteiger partial charge in [0, 0.05) is 0 Å². The molecule has 0 atom stereocenters. The molecule has 0 spiro atoms. The van der Waals surface area contributed by atoms with E-state index >= 15 is 0 Å². The van der Waals surface area contributed by atoms with Gasteiger partial charge in [0.15, 0.2) is 0 Å². The third-order valence-corrected chi connectivity index (χ3v) is 1.48. The second kappa shape index (κ2) is 8.56. The largest absolute Gasteiger partial charge is 1.00 e. The molecule has 0 aromatic heterocycles. The Morgan fingerprint density at radius 2 is 2.00 bits per heavy atom. The smallest absolute Gasteiger partial charge is 0.233 e. The third kappa shape index (κ3) is 11.9. The van der Waals surface area contributed by atoms with Crippen LogP contribution in [-0.4, -0.2) is 5.25 Å². The Morgan fingerprint density at radius 3 is 2.33 bits per heavy atom. The molecule has 0 nitrogen and oxygen atoms in total. The maximum atomic E-state index is 2.19. The Bertz CT molecular complexity index is 69.3. The van der Waals surface area contributed by atoms with Crippen molar-refractivity contribution in [1.29, 1.82) is 0 Å². The molecule has 0 saturated carbocycles.